The van der Waals surface area contributed by atoms with Gasteiger partial charge >= 0.3 is 0 Å². The number of hydrogen-bond acceptors (Lipinski definition) is 5. The number of sulfonamides is 1. The molecule has 1 aromatic heterocycles. The molecule has 0 bridgehead atoms. The van der Waals surface area contributed by atoms with E-state index in [0.29, 0.717) is 12.8 Å². The van der Waals surface area contributed by atoms with E-state index in [1.807, 2.05) is 12.3 Å². The Morgan fingerprint density at radius 3 is 2.82 bits per heavy atom. The molecule has 1 saturated heterocycles. The Kier molecular flexibility index (Phi) is 4.13. The molecule has 17 heavy (non-hydrogen) atoms. The lowest BCUT2D eigenvalue weighted by atomic mass is 10.2. The standard InChI is InChI=1S/C10H17N3O2S2/c1-8(10-12-6-7-16-10)13-17(14,15)9-2-4-11-5-3-9/h6-9,11,13H,2-5H2,1H3. The van der Waals surface area contributed by atoms with Gasteiger partial charge in [0.05, 0.1) is 11.3 Å². The zero-order valence-electron chi connectivity index (χ0n) is 9.72. The van der Waals surface area contributed by atoms with Crippen LogP contribution in [0, 0.1) is 0 Å². The predicted molar refractivity (Wildman–Crippen MR) is 68.5 cm³/mol. The van der Waals surface area contributed by atoms with Crippen molar-refractivity contribution in [1.82, 2.24) is 15.0 Å². The average Bonchev–Trinajstić information content (AvgIpc) is 2.83. The normalized spacial score (nSPS) is 20.3. The summed E-state index contributed by atoms with van der Waals surface area (Å²) in [6.45, 7) is 3.38. The molecule has 1 aliphatic rings. The van der Waals surface area contributed by atoms with Crippen molar-refractivity contribution >= 4 is 21.4 Å². The lowest BCUT2D eigenvalue weighted by molar-refractivity contribution is 0.484. The zero-order chi connectivity index (χ0) is 12.3. The lowest BCUT2D eigenvalue weighted by Crippen LogP contribution is -2.42. The topological polar surface area (TPSA) is 71.1 Å². The highest BCUT2D eigenvalue weighted by atomic mass is 32.2. The molecular formula is C10H17N3O2S2. The maximum atomic E-state index is 12.1. The van der Waals surface area contributed by atoms with Gasteiger partial charge in [0.25, 0.3) is 0 Å². The summed E-state index contributed by atoms with van der Waals surface area (Å²) in [5.41, 5.74) is 0. The van der Waals surface area contributed by atoms with Gasteiger partial charge in [0.15, 0.2) is 0 Å². The number of nitrogens with one attached hydrogen (secondary N) is 2. The average molecular weight is 275 g/mol. The highest BCUT2D eigenvalue weighted by Gasteiger charge is 2.28. The summed E-state index contributed by atoms with van der Waals surface area (Å²) in [5.74, 6) is 0. The quantitative estimate of drug-likeness (QED) is 0.855. The molecule has 1 unspecified atom stereocenters. The third kappa shape index (κ3) is 3.25. The molecule has 2 N–H and O–H groups in total. The van der Waals surface area contributed by atoms with Gasteiger partial charge < -0.3 is 5.32 Å². The van der Waals surface area contributed by atoms with Gasteiger partial charge in [-0.3, -0.25) is 0 Å². The first kappa shape index (κ1) is 12.9. The third-order valence-electron chi connectivity index (χ3n) is 2.89. The number of piperidine rings is 1. The number of rotatable bonds is 4. The Morgan fingerprint density at radius 1 is 1.53 bits per heavy atom. The van der Waals surface area contributed by atoms with Crippen LogP contribution in [0.1, 0.15) is 30.8 Å². The molecule has 96 valence electrons. The van der Waals surface area contributed by atoms with E-state index in [1.165, 1.54) is 11.3 Å². The fourth-order valence-electron chi connectivity index (χ4n) is 1.95. The monoisotopic (exact) mass is 275 g/mol. The molecule has 0 amide bonds. The summed E-state index contributed by atoms with van der Waals surface area (Å²) < 4.78 is 27.0. The molecule has 1 aliphatic heterocycles. The first-order chi connectivity index (χ1) is 8.09. The van der Waals surface area contributed by atoms with E-state index >= 15 is 0 Å². The Morgan fingerprint density at radius 2 is 2.24 bits per heavy atom. The van der Waals surface area contributed by atoms with Crippen LogP contribution in [0.15, 0.2) is 11.6 Å². The van der Waals surface area contributed by atoms with E-state index in [2.05, 4.69) is 15.0 Å². The van der Waals surface area contributed by atoms with Gasteiger partial charge in [-0.25, -0.2) is 18.1 Å². The molecule has 1 fully saturated rings. The molecule has 7 heteroatoms. The minimum Gasteiger partial charge on any atom is -0.317 e. The SMILES string of the molecule is CC(NS(=O)(=O)C1CCNCC1)c1nccs1. The Hall–Kier alpha value is -0.500. The first-order valence-corrected chi connectivity index (χ1v) is 8.13. The molecule has 1 aromatic rings. The number of aromatic nitrogens is 1. The van der Waals surface area contributed by atoms with Gasteiger partial charge in [0.2, 0.25) is 10.0 Å². The summed E-state index contributed by atoms with van der Waals surface area (Å²) in [6, 6.07) is -0.241. The van der Waals surface area contributed by atoms with Crippen molar-refractivity contribution in [1.29, 1.82) is 0 Å². The van der Waals surface area contributed by atoms with Crippen molar-refractivity contribution in [2.24, 2.45) is 0 Å². The maximum absolute atomic E-state index is 12.1. The van der Waals surface area contributed by atoms with Crippen molar-refractivity contribution in [3.63, 3.8) is 0 Å². The summed E-state index contributed by atoms with van der Waals surface area (Å²) in [4.78, 5) is 4.12. The molecule has 5 nitrogen and oxygen atoms in total. The summed E-state index contributed by atoms with van der Waals surface area (Å²) >= 11 is 1.47. The molecule has 0 radical (unpaired) electrons. The van der Waals surface area contributed by atoms with Gasteiger partial charge in [-0.1, -0.05) is 0 Å². The highest BCUT2D eigenvalue weighted by molar-refractivity contribution is 7.90. The van der Waals surface area contributed by atoms with Crippen LogP contribution in [0.25, 0.3) is 0 Å². The van der Waals surface area contributed by atoms with Crippen LogP contribution in [0.5, 0.6) is 0 Å². The number of hydrogen-bond donors (Lipinski definition) is 2. The van der Waals surface area contributed by atoms with Crippen LogP contribution in [0.3, 0.4) is 0 Å². The maximum Gasteiger partial charge on any atom is 0.215 e. The minimum atomic E-state index is -3.23. The number of nitrogens with zero attached hydrogens (tertiary/aromatic N) is 1. The molecule has 1 atom stereocenters. The first-order valence-electron chi connectivity index (χ1n) is 5.71. The Bertz CT molecular complexity index is 438. The fraction of sp³-hybridized carbons (Fsp3) is 0.700. The van der Waals surface area contributed by atoms with Gasteiger partial charge in [0.1, 0.15) is 5.01 Å². The number of thiazole rings is 1. The predicted octanol–water partition coefficient (Wildman–Crippen LogP) is 0.875. The Balaban J connectivity index is 2.01. The van der Waals surface area contributed by atoms with E-state index in [-0.39, 0.29) is 11.3 Å². The molecule has 0 saturated carbocycles. The van der Waals surface area contributed by atoms with Crippen LogP contribution < -0.4 is 10.0 Å². The van der Waals surface area contributed by atoms with Gasteiger partial charge in [-0.15, -0.1) is 11.3 Å². The van der Waals surface area contributed by atoms with Crippen LogP contribution in [0.4, 0.5) is 0 Å². The molecule has 0 spiro atoms. The van der Waals surface area contributed by atoms with E-state index in [1.54, 1.807) is 6.20 Å². The minimum absolute atomic E-state index is 0.241. The summed E-state index contributed by atoms with van der Waals surface area (Å²) in [6.07, 6.45) is 3.05. The second-order valence-corrected chi connectivity index (χ2v) is 7.12. The largest absolute Gasteiger partial charge is 0.317 e. The zero-order valence-corrected chi connectivity index (χ0v) is 11.4. The van der Waals surface area contributed by atoms with Crippen LogP contribution in [-0.4, -0.2) is 31.7 Å². The van der Waals surface area contributed by atoms with E-state index in [0.717, 1.165) is 18.1 Å². The molecule has 0 aliphatic carbocycles. The van der Waals surface area contributed by atoms with Crippen molar-refractivity contribution in [3.05, 3.63) is 16.6 Å². The van der Waals surface area contributed by atoms with Crippen LogP contribution in [0.2, 0.25) is 0 Å². The van der Waals surface area contributed by atoms with Gasteiger partial charge in [0, 0.05) is 11.6 Å². The van der Waals surface area contributed by atoms with Crippen LogP contribution in [-0.2, 0) is 10.0 Å². The summed E-state index contributed by atoms with van der Waals surface area (Å²) in [7, 11) is -3.23. The van der Waals surface area contributed by atoms with Crippen molar-refractivity contribution in [2.75, 3.05) is 13.1 Å². The van der Waals surface area contributed by atoms with E-state index in [4.69, 9.17) is 0 Å². The molecule has 2 heterocycles. The molecule has 0 aromatic carbocycles. The van der Waals surface area contributed by atoms with Gasteiger partial charge in [-0.2, -0.15) is 0 Å². The highest BCUT2D eigenvalue weighted by Crippen LogP contribution is 2.19. The van der Waals surface area contributed by atoms with E-state index in [9.17, 15) is 8.42 Å². The van der Waals surface area contributed by atoms with Crippen molar-refractivity contribution in [2.45, 2.75) is 31.1 Å². The van der Waals surface area contributed by atoms with Crippen molar-refractivity contribution < 1.29 is 8.42 Å². The van der Waals surface area contributed by atoms with Crippen molar-refractivity contribution in [3.8, 4) is 0 Å². The third-order valence-corrected chi connectivity index (χ3v) is 5.88. The second-order valence-electron chi connectivity index (χ2n) is 4.20. The van der Waals surface area contributed by atoms with Crippen LogP contribution >= 0.6 is 11.3 Å². The summed E-state index contributed by atoms with van der Waals surface area (Å²) in [5, 5.41) is 5.55. The smallest absolute Gasteiger partial charge is 0.215 e. The van der Waals surface area contributed by atoms with Gasteiger partial charge in [-0.05, 0) is 32.9 Å². The fourth-order valence-corrected chi connectivity index (χ4v) is 4.32. The van der Waals surface area contributed by atoms with E-state index < -0.39 is 10.0 Å². The molecule has 2 rings (SSSR count). The lowest BCUT2D eigenvalue weighted by Gasteiger charge is -2.24. The Labute approximate surface area is 106 Å². The molecular weight excluding hydrogens is 258 g/mol. The second kappa shape index (κ2) is 5.43.